The number of nitrogens with one attached hydrogen (secondary N) is 2. The predicted octanol–water partition coefficient (Wildman–Crippen LogP) is 1.01. The Kier molecular flexibility index (Phi) is 4.72. The summed E-state index contributed by atoms with van der Waals surface area (Å²) in [5.74, 6) is 0. The summed E-state index contributed by atoms with van der Waals surface area (Å²) in [6.45, 7) is 2.86. The third-order valence-corrected chi connectivity index (χ3v) is 2.96. The highest BCUT2D eigenvalue weighted by atomic mass is 32.1. The first kappa shape index (κ1) is 13.3. The van der Waals surface area contributed by atoms with Crippen LogP contribution in [0.25, 0.3) is 0 Å². The lowest BCUT2D eigenvalue weighted by Crippen LogP contribution is -2.37. The minimum Gasteiger partial charge on any atom is -0.373 e. The average Bonchev–Trinajstić information content (AvgIpc) is 2.64. The monoisotopic (exact) mass is 253 g/mol. The molecule has 1 rings (SSSR count). The van der Waals surface area contributed by atoms with Crippen molar-refractivity contribution in [3.8, 4) is 6.07 Å². The van der Waals surface area contributed by atoms with Crippen molar-refractivity contribution < 1.29 is 4.79 Å². The second-order valence-corrected chi connectivity index (χ2v) is 4.41. The van der Waals surface area contributed by atoms with Crippen LogP contribution in [0.15, 0.2) is 0 Å². The molecular weight excluding hydrogens is 238 g/mol. The maximum atomic E-state index is 11.2. The molecule has 0 aliphatic rings. The zero-order valence-electron chi connectivity index (χ0n) is 10.1. The van der Waals surface area contributed by atoms with E-state index in [-0.39, 0.29) is 6.03 Å². The minimum absolute atomic E-state index is 0.132. The summed E-state index contributed by atoms with van der Waals surface area (Å²) in [4.78, 5) is 12.7. The van der Waals surface area contributed by atoms with Crippen LogP contribution in [0.1, 0.15) is 11.3 Å². The molecule has 0 unspecified atom stereocenters. The zero-order valence-corrected chi connectivity index (χ0v) is 10.9. The molecule has 6 nitrogen and oxygen atoms in total. The molecule has 1 heterocycles. The smallest absolute Gasteiger partial charge is 0.316 e. The molecule has 1 aromatic rings. The van der Waals surface area contributed by atoms with Crippen LogP contribution in [0.5, 0.6) is 0 Å². The lowest BCUT2D eigenvalue weighted by atomic mass is 10.3. The van der Waals surface area contributed by atoms with Crippen LogP contribution in [0, 0.1) is 18.3 Å². The van der Waals surface area contributed by atoms with Crippen LogP contribution >= 0.6 is 11.5 Å². The number of nitriles is 1. The summed E-state index contributed by atoms with van der Waals surface area (Å²) in [6.07, 6.45) is 0. The van der Waals surface area contributed by atoms with Gasteiger partial charge in [-0.05, 0) is 18.5 Å². The number of hydrogen-bond donors (Lipinski definition) is 2. The fourth-order valence-corrected chi connectivity index (χ4v) is 1.90. The maximum Gasteiger partial charge on any atom is 0.316 e. The highest BCUT2D eigenvalue weighted by Gasteiger charge is 2.09. The Morgan fingerprint density at radius 1 is 1.53 bits per heavy atom. The Morgan fingerprint density at radius 3 is 2.82 bits per heavy atom. The van der Waals surface area contributed by atoms with Crippen molar-refractivity contribution in [2.75, 3.05) is 32.5 Å². The summed E-state index contributed by atoms with van der Waals surface area (Å²) in [5.41, 5.74) is 1.31. The Balaban J connectivity index is 2.37. The largest absolute Gasteiger partial charge is 0.373 e. The Bertz CT molecular complexity index is 434. The lowest BCUT2D eigenvalue weighted by molar-refractivity contribution is 0.218. The molecule has 0 saturated heterocycles. The molecule has 7 heteroatoms. The third-order valence-electron chi connectivity index (χ3n) is 2.07. The van der Waals surface area contributed by atoms with Crippen LogP contribution in [0.2, 0.25) is 0 Å². The Hall–Kier alpha value is -1.81. The van der Waals surface area contributed by atoms with Crippen LogP contribution in [-0.4, -0.2) is 42.5 Å². The van der Waals surface area contributed by atoms with Gasteiger partial charge in [0.15, 0.2) is 0 Å². The SMILES string of the molecule is Cc1nsc(NCCNC(=O)N(C)C)c1C#N. The van der Waals surface area contributed by atoms with Crippen molar-refractivity contribution in [2.24, 2.45) is 0 Å². The van der Waals surface area contributed by atoms with Crippen LogP contribution in [0.4, 0.5) is 9.80 Å². The summed E-state index contributed by atoms with van der Waals surface area (Å²) >= 11 is 1.26. The number of rotatable bonds is 4. The molecule has 0 aromatic carbocycles. The molecular formula is C10H15N5OS. The molecule has 2 N–H and O–H groups in total. The van der Waals surface area contributed by atoms with Gasteiger partial charge in [0.05, 0.1) is 5.69 Å². The van der Waals surface area contributed by atoms with E-state index in [1.807, 2.05) is 0 Å². The van der Waals surface area contributed by atoms with E-state index in [1.54, 1.807) is 21.0 Å². The van der Waals surface area contributed by atoms with Gasteiger partial charge in [-0.1, -0.05) is 0 Å². The highest BCUT2D eigenvalue weighted by molar-refractivity contribution is 7.10. The highest BCUT2D eigenvalue weighted by Crippen LogP contribution is 2.22. The van der Waals surface area contributed by atoms with Crippen LogP contribution in [0.3, 0.4) is 0 Å². The molecule has 0 bridgehead atoms. The van der Waals surface area contributed by atoms with Crippen LogP contribution < -0.4 is 10.6 Å². The van der Waals surface area contributed by atoms with E-state index < -0.39 is 0 Å². The molecule has 1 aromatic heterocycles. The van der Waals surface area contributed by atoms with Crippen molar-refractivity contribution in [2.45, 2.75) is 6.92 Å². The first-order valence-electron chi connectivity index (χ1n) is 5.11. The number of aryl methyl sites for hydroxylation is 1. The van der Waals surface area contributed by atoms with Crippen LogP contribution in [-0.2, 0) is 0 Å². The molecule has 0 aliphatic heterocycles. The number of aromatic nitrogens is 1. The fourth-order valence-electron chi connectivity index (χ4n) is 1.13. The van der Waals surface area contributed by atoms with E-state index in [9.17, 15) is 4.79 Å². The summed E-state index contributed by atoms with van der Waals surface area (Å²) in [5, 5.41) is 15.5. The van der Waals surface area contributed by atoms with Crippen molar-refractivity contribution in [3.63, 3.8) is 0 Å². The lowest BCUT2D eigenvalue weighted by Gasteiger charge is -2.12. The van der Waals surface area contributed by atoms with E-state index in [2.05, 4.69) is 21.1 Å². The molecule has 0 radical (unpaired) electrons. The Morgan fingerprint density at radius 2 is 2.24 bits per heavy atom. The van der Waals surface area contributed by atoms with Gasteiger partial charge in [0.2, 0.25) is 0 Å². The number of carbonyl (C=O) groups is 1. The van der Waals surface area contributed by atoms with Gasteiger partial charge in [-0.15, -0.1) is 0 Å². The molecule has 17 heavy (non-hydrogen) atoms. The van der Waals surface area contributed by atoms with E-state index in [0.29, 0.717) is 18.7 Å². The molecule has 0 spiro atoms. The number of hydrogen-bond acceptors (Lipinski definition) is 5. The third kappa shape index (κ3) is 3.60. The zero-order chi connectivity index (χ0) is 12.8. The standard InChI is InChI=1S/C10H15N5OS/c1-7-8(6-11)9(17-14-7)12-4-5-13-10(16)15(2)3/h12H,4-5H2,1-3H3,(H,13,16). The van der Waals surface area contributed by atoms with Gasteiger partial charge < -0.3 is 15.5 Å². The first-order valence-corrected chi connectivity index (χ1v) is 5.89. The molecule has 0 saturated carbocycles. The van der Waals surface area contributed by atoms with Gasteiger partial charge in [0, 0.05) is 27.2 Å². The fraction of sp³-hybridized carbons (Fsp3) is 0.500. The predicted molar refractivity (Wildman–Crippen MR) is 67.1 cm³/mol. The molecule has 0 fully saturated rings. The van der Waals surface area contributed by atoms with E-state index >= 15 is 0 Å². The van der Waals surface area contributed by atoms with Gasteiger partial charge in [-0.25, -0.2) is 4.79 Å². The second-order valence-electron chi connectivity index (χ2n) is 3.64. The number of nitrogens with zero attached hydrogens (tertiary/aromatic N) is 3. The van der Waals surface area contributed by atoms with Gasteiger partial charge in [-0.2, -0.15) is 9.64 Å². The molecule has 2 amide bonds. The van der Waals surface area contributed by atoms with Crippen molar-refractivity contribution in [1.29, 1.82) is 5.26 Å². The quantitative estimate of drug-likeness (QED) is 0.785. The van der Waals surface area contributed by atoms with E-state index in [1.165, 1.54) is 16.4 Å². The normalized spacial score (nSPS) is 9.53. The van der Waals surface area contributed by atoms with Crippen molar-refractivity contribution >= 4 is 22.6 Å². The average molecular weight is 253 g/mol. The summed E-state index contributed by atoms with van der Waals surface area (Å²) in [7, 11) is 3.37. The Labute approximate surface area is 104 Å². The summed E-state index contributed by atoms with van der Waals surface area (Å²) in [6, 6.07) is 1.97. The van der Waals surface area contributed by atoms with E-state index in [4.69, 9.17) is 5.26 Å². The van der Waals surface area contributed by atoms with Crippen molar-refractivity contribution in [1.82, 2.24) is 14.6 Å². The van der Waals surface area contributed by atoms with Crippen molar-refractivity contribution in [3.05, 3.63) is 11.3 Å². The van der Waals surface area contributed by atoms with Gasteiger partial charge in [0.1, 0.15) is 16.6 Å². The molecule has 0 atom stereocenters. The molecule has 0 aliphatic carbocycles. The van der Waals surface area contributed by atoms with Gasteiger partial charge in [-0.3, -0.25) is 0 Å². The maximum absolute atomic E-state index is 11.2. The topological polar surface area (TPSA) is 81.1 Å². The second kappa shape index (κ2) is 6.06. The van der Waals surface area contributed by atoms with Gasteiger partial charge >= 0.3 is 6.03 Å². The minimum atomic E-state index is -0.132. The first-order chi connectivity index (χ1) is 8.06. The summed E-state index contributed by atoms with van der Waals surface area (Å²) < 4.78 is 4.09. The molecule has 92 valence electrons. The number of anilines is 1. The van der Waals surface area contributed by atoms with Gasteiger partial charge in [0.25, 0.3) is 0 Å². The number of urea groups is 1. The van der Waals surface area contributed by atoms with E-state index in [0.717, 1.165) is 10.7 Å². The number of carbonyl (C=O) groups excluding carboxylic acids is 1. The number of amides is 2.